The average molecular weight is 316 g/mol. The molecule has 1 aromatic rings. The van der Waals surface area contributed by atoms with E-state index in [1.165, 1.54) is 6.07 Å². The Morgan fingerprint density at radius 2 is 2.11 bits per heavy atom. The maximum atomic E-state index is 13.1. The molecule has 0 aliphatic carbocycles. The molecule has 0 radical (unpaired) electrons. The van der Waals surface area contributed by atoms with E-state index in [1.54, 1.807) is 0 Å². The van der Waals surface area contributed by atoms with Crippen molar-refractivity contribution in [3.8, 4) is 0 Å². The summed E-state index contributed by atoms with van der Waals surface area (Å²) >= 11 is 3.21. The number of ether oxygens (including phenoxy) is 1. The predicted octanol–water partition coefficient (Wildman–Crippen LogP) is 3.49. The molecule has 0 unspecified atom stereocenters. The number of nitrogens with one attached hydrogen (secondary N) is 1. The van der Waals surface area contributed by atoms with E-state index in [1.807, 2.05) is 12.1 Å². The third kappa shape index (κ3) is 3.77. The summed E-state index contributed by atoms with van der Waals surface area (Å²) in [5.74, 6) is -0.213. The zero-order valence-corrected chi connectivity index (χ0v) is 12.2. The highest BCUT2D eigenvalue weighted by Crippen LogP contribution is 2.28. The van der Waals surface area contributed by atoms with Gasteiger partial charge in [0.1, 0.15) is 5.82 Å². The van der Waals surface area contributed by atoms with Crippen molar-refractivity contribution >= 4 is 15.9 Å². The molecule has 1 saturated heterocycles. The second-order valence-electron chi connectivity index (χ2n) is 5.28. The minimum atomic E-state index is -0.213. The van der Waals surface area contributed by atoms with Crippen LogP contribution in [0.25, 0.3) is 0 Å². The molecule has 0 amide bonds. The normalized spacial score (nSPS) is 18.8. The second-order valence-corrected chi connectivity index (χ2v) is 6.13. The minimum absolute atomic E-state index is 0.213. The molecule has 1 aliphatic rings. The number of benzene rings is 1. The lowest BCUT2D eigenvalue weighted by molar-refractivity contribution is 0.0240. The van der Waals surface area contributed by atoms with Crippen molar-refractivity contribution in [2.75, 3.05) is 19.8 Å². The summed E-state index contributed by atoms with van der Waals surface area (Å²) < 4.78 is 19.0. The Morgan fingerprint density at radius 1 is 1.39 bits per heavy atom. The minimum Gasteiger partial charge on any atom is -0.381 e. The van der Waals surface area contributed by atoms with Crippen molar-refractivity contribution in [2.24, 2.45) is 5.41 Å². The fourth-order valence-electron chi connectivity index (χ4n) is 2.20. The zero-order chi connectivity index (χ0) is 13.0. The Kier molecular flexibility index (Phi) is 4.76. The highest BCUT2D eigenvalue weighted by molar-refractivity contribution is 9.10. The van der Waals surface area contributed by atoms with E-state index in [2.05, 4.69) is 28.2 Å². The highest BCUT2D eigenvalue weighted by Gasteiger charge is 2.26. The molecule has 1 aromatic carbocycles. The van der Waals surface area contributed by atoms with E-state index in [4.69, 9.17) is 4.74 Å². The van der Waals surface area contributed by atoms with Gasteiger partial charge in [-0.3, -0.25) is 0 Å². The van der Waals surface area contributed by atoms with Crippen LogP contribution in [0.15, 0.2) is 22.7 Å². The third-order valence-corrected chi connectivity index (χ3v) is 4.17. The van der Waals surface area contributed by atoms with Gasteiger partial charge < -0.3 is 10.1 Å². The van der Waals surface area contributed by atoms with E-state index in [-0.39, 0.29) is 5.82 Å². The highest BCUT2D eigenvalue weighted by atomic mass is 79.9. The Morgan fingerprint density at radius 3 is 2.78 bits per heavy atom. The number of rotatable bonds is 4. The van der Waals surface area contributed by atoms with Crippen molar-refractivity contribution in [3.63, 3.8) is 0 Å². The smallest absolute Gasteiger partial charge is 0.137 e. The molecule has 0 aromatic heterocycles. The van der Waals surface area contributed by atoms with Crippen LogP contribution < -0.4 is 5.32 Å². The summed E-state index contributed by atoms with van der Waals surface area (Å²) in [6.07, 6.45) is 2.21. The summed E-state index contributed by atoms with van der Waals surface area (Å²) in [5.41, 5.74) is 1.43. The van der Waals surface area contributed by atoms with E-state index >= 15 is 0 Å². The van der Waals surface area contributed by atoms with Crippen LogP contribution in [-0.4, -0.2) is 19.8 Å². The molecule has 1 fully saturated rings. The van der Waals surface area contributed by atoms with Crippen LogP contribution in [0.1, 0.15) is 25.3 Å². The van der Waals surface area contributed by atoms with Gasteiger partial charge in [0.05, 0.1) is 4.47 Å². The summed E-state index contributed by atoms with van der Waals surface area (Å²) in [7, 11) is 0. The Hall–Kier alpha value is -0.450. The maximum absolute atomic E-state index is 13.1. The summed E-state index contributed by atoms with van der Waals surface area (Å²) in [6, 6.07) is 5.14. The van der Waals surface area contributed by atoms with Crippen LogP contribution in [-0.2, 0) is 11.3 Å². The van der Waals surface area contributed by atoms with Gasteiger partial charge >= 0.3 is 0 Å². The van der Waals surface area contributed by atoms with Crippen LogP contribution >= 0.6 is 15.9 Å². The van der Waals surface area contributed by atoms with Gasteiger partial charge in [0.15, 0.2) is 0 Å². The molecule has 100 valence electrons. The first-order chi connectivity index (χ1) is 8.59. The fourth-order valence-corrected chi connectivity index (χ4v) is 2.63. The van der Waals surface area contributed by atoms with Gasteiger partial charge in [-0.1, -0.05) is 13.0 Å². The van der Waals surface area contributed by atoms with Crippen molar-refractivity contribution in [1.29, 1.82) is 0 Å². The molecule has 1 aliphatic heterocycles. The Labute approximate surface area is 116 Å². The average Bonchev–Trinajstić information content (AvgIpc) is 2.34. The first-order valence-corrected chi connectivity index (χ1v) is 7.11. The van der Waals surface area contributed by atoms with E-state index < -0.39 is 0 Å². The molecule has 0 spiro atoms. The largest absolute Gasteiger partial charge is 0.381 e. The number of hydrogen-bond acceptors (Lipinski definition) is 2. The van der Waals surface area contributed by atoms with Gasteiger partial charge in [0.25, 0.3) is 0 Å². The quantitative estimate of drug-likeness (QED) is 0.918. The van der Waals surface area contributed by atoms with Crippen molar-refractivity contribution in [2.45, 2.75) is 26.3 Å². The summed E-state index contributed by atoms with van der Waals surface area (Å²) in [6.45, 7) is 5.77. The first kappa shape index (κ1) is 14.0. The molecule has 2 rings (SSSR count). The van der Waals surface area contributed by atoms with Gasteiger partial charge in [-0.25, -0.2) is 4.39 Å². The fraction of sp³-hybridized carbons (Fsp3) is 0.571. The van der Waals surface area contributed by atoms with Crippen LogP contribution in [0.2, 0.25) is 0 Å². The topological polar surface area (TPSA) is 21.3 Å². The molecule has 0 saturated carbocycles. The molecular weight excluding hydrogens is 297 g/mol. The molecule has 1 heterocycles. The van der Waals surface area contributed by atoms with Gasteiger partial charge in [-0.05, 0) is 51.9 Å². The molecule has 0 atom stereocenters. The van der Waals surface area contributed by atoms with Crippen molar-refractivity contribution < 1.29 is 9.13 Å². The molecule has 2 nitrogen and oxygen atoms in total. The lowest BCUT2D eigenvalue weighted by Crippen LogP contribution is -2.36. The summed E-state index contributed by atoms with van der Waals surface area (Å²) in [5, 5.41) is 3.46. The van der Waals surface area contributed by atoms with Gasteiger partial charge in [-0.2, -0.15) is 0 Å². The second kappa shape index (κ2) is 6.13. The third-order valence-electron chi connectivity index (χ3n) is 3.56. The predicted molar refractivity (Wildman–Crippen MR) is 74.0 cm³/mol. The monoisotopic (exact) mass is 315 g/mol. The summed E-state index contributed by atoms with van der Waals surface area (Å²) in [4.78, 5) is 0. The first-order valence-electron chi connectivity index (χ1n) is 6.31. The molecule has 0 bridgehead atoms. The van der Waals surface area contributed by atoms with Crippen LogP contribution in [0.5, 0.6) is 0 Å². The Bertz CT molecular complexity index is 405. The van der Waals surface area contributed by atoms with Gasteiger partial charge in [-0.15, -0.1) is 0 Å². The zero-order valence-electron chi connectivity index (χ0n) is 10.6. The molecule has 4 heteroatoms. The lowest BCUT2D eigenvalue weighted by atomic mass is 9.82. The van der Waals surface area contributed by atoms with Gasteiger partial charge in [0.2, 0.25) is 0 Å². The number of halogens is 2. The van der Waals surface area contributed by atoms with E-state index in [0.29, 0.717) is 9.89 Å². The molecule has 18 heavy (non-hydrogen) atoms. The Balaban J connectivity index is 1.82. The maximum Gasteiger partial charge on any atom is 0.137 e. The standard InChI is InChI=1S/C14H19BrFNO/c1-14(4-6-18-7-5-14)10-17-9-11-2-3-13(16)12(15)8-11/h2-3,8,17H,4-7,9-10H2,1H3. The number of hydrogen-bond donors (Lipinski definition) is 1. The van der Waals surface area contributed by atoms with E-state index in [0.717, 1.165) is 44.7 Å². The van der Waals surface area contributed by atoms with E-state index in [9.17, 15) is 4.39 Å². The van der Waals surface area contributed by atoms with Crippen molar-refractivity contribution in [3.05, 3.63) is 34.1 Å². The van der Waals surface area contributed by atoms with Crippen LogP contribution in [0, 0.1) is 11.2 Å². The molecular formula is C14H19BrFNO. The SMILES string of the molecule is CC1(CNCc2ccc(F)c(Br)c2)CCOCC1. The van der Waals surface area contributed by atoms with Crippen LogP contribution in [0.4, 0.5) is 4.39 Å². The van der Waals surface area contributed by atoms with Gasteiger partial charge in [0, 0.05) is 26.3 Å². The van der Waals surface area contributed by atoms with Crippen molar-refractivity contribution in [1.82, 2.24) is 5.32 Å². The lowest BCUT2D eigenvalue weighted by Gasteiger charge is -2.33. The molecule has 1 N–H and O–H groups in total. The van der Waals surface area contributed by atoms with Crippen LogP contribution in [0.3, 0.4) is 0 Å².